The smallest absolute Gasteiger partial charge is 0.163 e. The van der Waals surface area contributed by atoms with E-state index in [9.17, 15) is 9.18 Å². The third kappa shape index (κ3) is 3.18. The highest BCUT2D eigenvalue weighted by Gasteiger charge is 2.20. The molecule has 0 atom stereocenters. The van der Waals surface area contributed by atoms with Gasteiger partial charge in [0.15, 0.2) is 5.78 Å². The standard InChI is InChI=1S/C16H23FN2O/c1-4-5-16(20)13-11-14(17)15(10-12(13)2)19-8-6-18(3)7-9-19/h10-11H,4-9H2,1-3H3. The molecule has 0 bridgehead atoms. The predicted octanol–water partition coefficient (Wildman–Crippen LogP) is 2.87. The van der Waals surface area contributed by atoms with Crippen LogP contribution < -0.4 is 4.90 Å². The van der Waals surface area contributed by atoms with Crippen molar-refractivity contribution in [3.8, 4) is 0 Å². The number of aryl methyl sites for hydroxylation is 1. The van der Waals surface area contributed by atoms with E-state index in [1.165, 1.54) is 6.07 Å². The number of anilines is 1. The van der Waals surface area contributed by atoms with Crippen molar-refractivity contribution in [2.75, 3.05) is 38.1 Å². The lowest BCUT2D eigenvalue weighted by Gasteiger charge is -2.34. The second-order valence-corrected chi connectivity index (χ2v) is 5.58. The largest absolute Gasteiger partial charge is 0.367 e. The van der Waals surface area contributed by atoms with Crippen LogP contribution in [0.5, 0.6) is 0 Å². The summed E-state index contributed by atoms with van der Waals surface area (Å²) < 4.78 is 14.3. The molecule has 0 aromatic heterocycles. The van der Waals surface area contributed by atoms with Crippen molar-refractivity contribution < 1.29 is 9.18 Å². The molecule has 1 heterocycles. The molecule has 4 heteroatoms. The molecular weight excluding hydrogens is 255 g/mol. The zero-order valence-corrected chi connectivity index (χ0v) is 12.6. The maximum absolute atomic E-state index is 14.3. The molecule has 0 spiro atoms. The molecule has 0 aliphatic carbocycles. The van der Waals surface area contributed by atoms with Crippen molar-refractivity contribution in [1.82, 2.24) is 4.90 Å². The van der Waals surface area contributed by atoms with Gasteiger partial charge in [0.05, 0.1) is 5.69 Å². The van der Waals surface area contributed by atoms with E-state index in [0.29, 0.717) is 17.7 Å². The van der Waals surface area contributed by atoms with Crippen molar-refractivity contribution in [3.63, 3.8) is 0 Å². The Bertz CT molecular complexity index is 493. The van der Waals surface area contributed by atoms with Crippen LogP contribution in [0.25, 0.3) is 0 Å². The SMILES string of the molecule is CCCC(=O)c1cc(F)c(N2CCN(C)CC2)cc1C. The summed E-state index contributed by atoms with van der Waals surface area (Å²) in [5.41, 5.74) is 2.03. The summed E-state index contributed by atoms with van der Waals surface area (Å²) in [4.78, 5) is 16.3. The molecule has 20 heavy (non-hydrogen) atoms. The Morgan fingerprint density at radius 2 is 1.90 bits per heavy atom. The first-order valence-corrected chi connectivity index (χ1v) is 7.29. The van der Waals surface area contributed by atoms with Gasteiger partial charge in [-0.15, -0.1) is 0 Å². The Kier molecular flexibility index (Phi) is 4.76. The third-order valence-corrected chi connectivity index (χ3v) is 3.92. The fourth-order valence-electron chi connectivity index (χ4n) is 2.62. The summed E-state index contributed by atoms with van der Waals surface area (Å²) in [5.74, 6) is -0.242. The fourth-order valence-corrected chi connectivity index (χ4v) is 2.62. The van der Waals surface area contributed by atoms with Crippen LogP contribution in [0, 0.1) is 12.7 Å². The highest BCUT2D eigenvalue weighted by molar-refractivity contribution is 5.97. The average Bonchev–Trinajstić information content (AvgIpc) is 2.42. The van der Waals surface area contributed by atoms with Crippen molar-refractivity contribution in [1.29, 1.82) is 0 Å². The Balaban J connectivity index is 2.24. The quantitative estimate of drug-likeness (QED) is 0.791. The van der Waals surface area contributed by atoms with E-state index in [1.807, 2.05) is 19.9 Å². The van der Waals surface area contributed by atoms with E-state index in [1.54, 1.807) is 0 Å². The van der Waals surface area contributed by atoms with Crippen LogP contribution in [0.2, 0.25) is 0 Å². The van der Waals surface area contributed by atoms with Crippen LogP contribution >= 0.6 is 0 Å². The number of ketones is 1. The number of halogens is 1. The number of rotatable bonds is 4. The Hall–Kier alpha value is -1.42. The number of benzene rings is 1. The maximum Gasteiger partial charge on any atom is 0.163 e. The number of hydrogen-bond acceptors (Lipinski definition) is 3. The van der Waals surface area contributed by atoms with Crippen molar-refractivity contribution in [3.05, 3.63) is 29.1 Å². The van der Waals surface area contributed by atoms with Gasteiger partial charge in [0.1, 0.15) is 5.82 Å². The van der Waals surface area contributed by atoms with Gasteiger partial charge in [-0.1, -0.05) is 6.92 Å². The average molecular weight is 278 g/mol. The Morgan fingerprint density at radius 1 is 1.25 bits per heavy atom. The number of carbonyl (C=O) groups is 1. The lowest BCUT2D eigenvalue weighted by molar-refractivity contribution is 0.0980. The first kappa shape index (κ1) is 15.0. The summed E-state index contributed by atoms with van der Waals surface area (Å²) in [6, 6.07) is 3.24. The van der Waals surface area contributed by atoms with Gasteiger partial charge in [0.2, 0.25) is 0 Å². The van der Waals surface area contributed by atoms with Crippen LogP contribution in [0.1, 0.15) is 35.7 Å². The maximum atomic E-state index is 14.3. The summed E-state index contributed by atoms with van der Waals surface area (Å²) >= 11 is 0. The second-order valence-electron chi connectivity index (χ2n) is 5.58. The highest BCUT2D eigenvalue weighted by Crippen LogP contribution is 2.25. The molecule has 0 unspecified atom stereocenters. The molecule has 110 valence electrons. The van der Waals surface area contributed by atoms with Gasteiger partial charge in [-0.05, 0) is 38.1 Å². The molecule has 0 radical (unpaired) electrons. The van der Waals surface area contributed by atoms with Crippen LogP contribution in [0.15, 0.2) is 12.1 Å². The van der Waals surface area contributed by atoms with E-state index >= 15 is 0 Å². The van der Waals surface area contributed by atoms with E-state index in [0.717, 1.165) is 38.2 Å². The van der Waals surface area contributed by atoms with Gasteiger partial charge in [-0.25, -0.2) is 4.39 Å². The monoisotopic (exact) mass is 278 g/mol. The highest BCUT2D eigenvalue weighted by atomic mass is 19.1. The number of Topliss-reactive ketones (excluding diaryl/α,β-unsaturated/α-hetero) is 1. The Labute approximate surface area is 120 Å². The molecule has 1 aromatic rings. The molecule has 0 saturated carbocycles. The molecule has 0 N–H and O–H groups in total. The number of likely N-dealkylation sites (N-methyl/N-ethyl adjacent to an activating group) is 1. The van der Waals surface area contributed by atoms with Gasteiger partial charge in [0, 0.05) is 38.2 Å². The van der Waals surface area contributed by atoms with Crippen LogP contribution in [0.4, 0.5) is 10.1 Å². The molecule has 1 saturated heterocycles. The summed E-state index contributed by atoms with van der Waals surface area (Å²) in [6.45, 7) is 7.39. The van der Waals surface area contributed by atoms with Crippen molar-refractivity contribution in [2.24, 2.45) is 0 Å². The minimum Gasteiger partial charge on any atom is -0.367 e. The fraction of sp³-hybridized carbons (Fsp3) is 0.562. The van der Waals surface area contributed by atoms with Crippen LogP contribution in [-0.4, -0.2) is 43.9 Å². The number of carbonyl (C=O) groups excluding carboxylic acids is 1. The third-order valence-electron chi connectivity index (χ3n) is 3.92. The van der Waals surface area contributed by atoms with Gasteiger partial charge in [-0.2, -0.15) is 0 Å². The molecule has 3 nitrogen and oxygen atoms in total. The molecule has 0 amide bonds. The number of hydrogen-bond donors (Lipinski definition) is 0. The van der Waals surface area contributed by atoms with Gasteiger partial charge < -0.3 is 9.80 Å². The summed E-state index contributed by atoms with van der Waals surface area (Å²) in [5, 5.41) is 0. The Morgan fingerprint density at radius 3 is 2.50 bits per heavy atom. The second kappa shape index (κ2) is 6.35. The topological polar surface area (TPSA) is 23.6 Å². The van der Waals surface area contributed by atoms with Gasteiger partial charge >= 0.3 is 0 Å². The first-order chi connectivity index (χ1) is 9.52. The van der Waals surface area contributed by atoms with E-state index in [4.69, 9.17) is 0 Å². The van der Waals surface area contributed by atoms with E-state index in [-0.39, 0.29) is 11.6 Å². The minimum absolute atomic E-state index is 0.0360. The lowest BCUT2D eigenvalue weighted by Crippen LogP contribution is -2.44. The molecule has 1 aromatic carbocycles. The zero-order chi connectivity index (χ0) is 14.7. The van der Waals surface area contributed by atoms with Gasteiger partial charge in [-0.3, -0.25) is 4.79 Å². The molecule has 1 aliphatic heterocycles. The first-order valence-electron chi connectivity index (χ1n) is 7.29. The number of nitrogens with zero attached hydrogens (tertiary/aromatic N) is 2. The normalized spacial score (nSPS) is 16.5. The molecule has 1 aliphatic rings. The minimum atomic E-state index is -0.278. The molecule has 2 rings (SSSR count). The van der Waals surface area contributed by atoms with Crippen molar-refractivity contribution >= 4 is 11.5 Å². The van der Waals surface area contributed by atoms with E-state index < -0.39 is 0 Å². The van der Waals surface area contributed by atoms with Crippen LogP contribution in [-0.2, 0) is 0 Å². The number of piperazine rings is 1. The summed E-state index contributed by atoms with van der Waals surface area (Å²) in [7, 11) is 2.07. The van der Waals surface area contributed by atoms with E-state index in [2.05, 4.69) is 16.8 Å². The van der Waals surface area contributed by atoms with Crippen molar-refractivity contribution in [2.45, 2.75) is 26.7 Å². The van der Waals surface area contributed by atoms with Crippen LogP contribution in [0.3, 0.4) is 0 Å². The van der Waals surface area contributed by atoms with Gasteiger partial charge in [0.25, 0.3) is 0 Å². The summed E-state index contributed by atoms with van der Waals surface area (Å²) in [6.07, 6.45) is 1.27. The zero-order valence-electron chi connectivity index (χ0n) is 12.6. The molecular formula is C16H23FN2O. The lowest BCUT2D eigenvalue weighted by atomic mass is 10.00. The predicted molar refractivity (Wildman–Crippen MR) is 80.1 cm³/mol. The molecule has 1 fully saturated rings.